The maximum absolute atomic E-state index is 5.23. The summed E-state index contributed by atoms with van der Waals surface area (Å²) in [5, 5.41) is 4.89. The van der Waals surface area contributed by atoms with Crippen LogP contribution in [0, 0.1) is 0 Å². The van der Waals surface area contributed by atoms with Gasteiger partial charge in [0.25, 0.3) is 0 Å². The van der Waals surface area contributed by atoms with Crippen LogP contribution in [-0.2, 0) is 5.41 Å². The Labute approximate surface area is 294 Å². The molecule has 0 amide bonds. The minimum Gasteiger partial charge on any atom is -0.208 e. The van der Waals surface area contributed by atoms with E-state index in [4.69, 9.17) is 15.0 Å². The lowest BCUT2D eigenvalue weighted by Crippen LogP contribution is -2.15. The van der Waals surface area contributed by atoms with Crippen LogP contribution in [0.3, 0.4) is 0 Å². The number of aromatic nitrogens is 3. The molecular weight excluding hydrogens is 627 g/mol. The minimum atomic E-state index is -0.125. The van der Waals surface area contributed by atoms with Crippen LogP contribution in [0.2, 0.25) is 0 Å². The summed E-state index contributed by atoms with van der Waals surface area (Å²) < 4.78 is 2.48. The van der Waals surface area contributed by atoms with Crippen molar-refractivity contribution in [2.24, 2.45) is 0 Å². The average Bonchev–Trinajstić information content (AvgIpc) is 3.66. The molecule has 236 valence electrons. The van der Waals surface area contributed by atoms with E-state index < -0.39 is 0 Å². The van der Waals surface area contributed by atoms with Gasteiger partial charge in [0.2, 0.25) is 0 Å². The van der Waals surface area contributed by atoms with E-state index in [1.165, 1.54) is 58.8 Å². The molecule has 3 nitrogen and oxygen atoms in total. The molecule has 9 aromatic rings. The highest BCUT2D eigenvalue weighted by molar-refractivity contribution is 7.25. The van der Waals surface area contributed by atoms with Crippen LogP contribution in [0.1, 0.15) is 25.0 Å². The van der Waals surface area contributed by atoms with Crippen LogP contribution in [0.15, 0.2) is 152 Å². The summed E-state index contributed by atoms with van der Waals surface area (Å²) in [5.41, 5.74) is 10.4. The molecule has 0 spiro atoms. The van der Waals surface area contributed by atoms with Gasteiger partial charge in [0.1, 0.15) is 0 Å². The standard InChI is InChI=1S/C46H31N3S/c1-46(2)38-15-7-5-12-34(38)35-25-24-33(27-39(35)46)44-47-43(30-21-18-29(19-22-30)32-23-20-28-10-3-4-11-31(28)26-32)48-45(49-44)37-14-9-17-41-42(37)36-13-6-8-16-40(36)50-41/h3-27H,1-2H3. The fraction of sp³-hybridized carbons (Fsp3) is 0.0652. The van der Waals surface area contributed by atoms with Gasteiger partial charge in [-0.25, -0.2) is 15.0 Å². The summed E-state index contributed by atoms with van der Waals surface area (Å²) >= 11 is 1.81. The smallest absolute Gasteiger partial charge is 0.164 e. The van der Waals surface area contributed by atoms with Crippen molar-refractivity contribution < 1.29 is 0 Å². The first-order chi connectivity index (χ1) is 24.5. The molecule has 7 aromatic carbocycles. The number of fused-ring (bicyclic) bond motifs is 7. The Morgan fingerprint density at radius 3 is 1.92 bits per heavy atom. The molecule has 2 heterocycles. The van der Waals surface area contributed by atoms with E-state index in [1.807, 2.05) is 11.3 Å². The van der Waals surface area contributed by atoms with Gasteiger partial charge in [-0.05, 0) is 68.4 Å². The summed E-state index contributed by atoms with van der Waals surface area (Å²) in [7, 11) is 0. The third-order valence-electron chi connectivity index (χ3n) is 10.3. The Morgan fingerprint density at radius 2 is 1.04 bits per heavy atom. The van der Waals surface area contributed by atoms with Crippen molar-refractivity contribution in [1.82, 2.24) is 15.0 Å². The zero-order valence-corrected chi connectivity index (χ0v) is 28.5. The van der Waals surface area contributed by atoms with E-state index >= 15 is 0 Å². The highest BCUT2D eigenvalue weighted by Crippen LogP contribution is 2.49. The number of thiophene rings is 1. The maximum Gasteiger partial charge on any atom is 0.164 e. The van der Waals surface area contributed by atoms with Crippen molar-refractivity contribution in [3.8, 4) is 56.4 Å². The van der Waals surface area contributed by atoms with Crippen LogP contribution >= 0.6 is 11.3 Å². The van der Waals surface area contributed by atoms with Crippen molar-refractivity contribution in [2.75, 3.05) is 0 Å². The highest BCUT2D eigenvalue weighted by Gasteiger charge is 2.35. The summed E-state index contributed by atoms with van der Waals surface area (Å²) in [6.45, 7) is 4.62. The van der Waals surface area contributed by atoms with Crippen LogP contribution in [-0.4, -0.2) is 15.0 Å². The lowest BCUT2D eigenvalue weighted by atomic mass is 9.82. The average molecular weight is 658 g/mol. The lowest BCUT2D eigenvalue weighted by molar-refractivity contribution is 0.660. The van der Waals surface area contributed by atoms with Crippen LogP contribution < -0.4 is 0 Å². The van der Waals surface area contributed by atoms with E-state index in [2.05, 4.69) is 166 Å². The molecule has 10 rings (SSSR count). The topological polar surface area (TPSA) is 38.7 Å². The minimum absolute atomic E-state index is 0.125. The molecule has 1 aliphatic carbocycles. The Bertz CT molecular complexity index is 2790. The summed E-state index contributed by atoms with van der Waals surface area (Å²) in [4.78, 5) is 15.6. The van der Waals surface area contributed by atoms with Gasteiger partial charge in [-0.1, -0.05) is 141 Å². The van der Waals surface area contributed by atoms with E-state index in [0.717, 1.165) is 22.3 Å². The van der Waals surface area contributed by atoms with Gasteiger partial charge >= 0.3 is 0 Å². The van der Waals surface area contributed by atoms with Crippen molar-refractivity contribution >= 4 is 42.3 Å². The van der Waals surface area contributed by atoms with Crippen LogP contribution in [0.4, 0.5) is 0 Å². The quantitative estimate of drug-likeness (QED) is 0.189. The number of nitrogens with zero attached hydrogens (tertiary/aromatic N) is 3. The largest absolute Gasteiger partial charge is 0.208 e. The van der Waals surface area contributed by atoms with Crippen molar-refractivity contribution in [2.45, 2.75) is 19.3 Å². The van der Waals surface area contributed by atoms with Crippen LogP contribution in [0.5, 0.6) is 0 Å². The zero-order valence-electron chi connectivity index (χ0n) is 27.7. The molecule has 0 saturated carbocycles. The number of rotatable bonds is 4. The molecule has 0 atom stereocenters. The van der Waals surface area contributed by atoms with Crippen molar-refractivity contribution in [3.63, 3.8) is 0 Å². The van der Waals surface area contributed by atoms with E-state index in [1.54, 1.807) is 0 Å². The molecule has 0 radical (unpaired) electrons. The van der Waals surface area contributed by atoms with Gasteiger partial charge in [0, 0.05) is 42.3 Å². The first-order valence-corrected chi connectivity index (χ1v) is 17.8. The van der Waals surface area contributed by atoms with Crippen LogP contribution in [0.25, 0.3) is 87.4 Å². The molecular formula is C46H31N3S. The monoisotopic (exact) mass is 657 g/mol. The molecule has 0 bridgehead atoms. The normalized spacial score (nSPS) is 13.2. The molecule has 0 unspecified atom stereocenters. The van der Waals surface area contributed by atoms with E-state index in [0.29, 0.717) is 17.5 Å². The van der Waals surface area contributed by atoms with Crippen molar-refractivity contribution in [1.29, 1.82) is 0 Å². The fourth-order valence-corrected chi connectivity index (χ4v) is 8.87. The predicted molar refractivity (Wildman–Crippen MR) is 210 cm³/mol. The Kier molecular flexibility index (Phi) is 6.39. The number of benzene rings is 7. The third kappa shape index (κ3) is 4.53. The maximum atomic E-state index is 5.23. The van der Waals surface area contributed by atoms with Gasteiger partial charge in [-0.2, -0.15) is 0 Å². The predicted octanol–water partition coefficient (Wildman–Crippen LogP) is 12.4. The zero-order chi connectivity index (χ0) is 33.4. The first-order valence-electron chi connectivity index (χ1n) is 17.0. The Hall–Kier alpha value is -5.97. The lowest BCUT2D eigenvalue weighted by Gasteiger charge is -2.21. The molecule has 0 fully saturated rings. The van der Waals surface area contributed by atoms with Gasteiger partial charge in [0.05, 0.1) is 0 Å². The van der Waals surface area contributed by atoms with Gasteiger partial charge in [0.15, 0.2) is 17.5 Å². The summed E-state index contributed by atoms with van der Waals surface area (Å²) in [6, 6.07) is 54.2. The van der Waals surface area contributed by atoms with Gasteiger partial charge in [-0.3, -0.25) is 0 Å². The molecule has 1 aliphatic rings. The highest BCUT2D eigenvalue weighted by atomic mass is 32.1. The second-order valence-electron chi connectivity index (χ2n) is 13.7. The number of hydrogen-bond donors (Lipinski definition) is 0. The van der Waals surface area contributed by atoms with Crippen molar-refractivity contribution in [3.05, 3.63) is 163 Å². The second-order valence-corrected chi connectivity index (χ2v) is 14.7. The first kappa shape index (κ1) is 29.0. The summed E-state index contributed by atoms with van der Waals surface area (Å²) in [5.74, 6) is 2.02. The molecule has 4 heteroatoms. The van der Waals surface area contributed by atoms with E-state index in [9.17, 15) is 0 Å². The molecule has 0 N–H and O–H groups in total. The second kappa shape index (κ2) is 11.0. The SMILES string of the molecule is CC1(C)c2ccccc2-c2ccc(-c3nc(-c4ccc(-c5ccc6ccccc6c5)cc4)nc(-c4cccc5sc6ccccc6c45)n3)cc21. The fourth-order valence-electron chi connectivity index (χ4n) is 7.74. The Balaban J connectivity index is 1.14. The third-order valence-corrected chi connectivity index (χ3v) is 11.5. The molecule has 0 saturated heterocycles. The Morgan fingerprint density at radius 1 is 0.420 bits per heavy atom. The number of hydrogen-bond acceptors (Lipinski definition) is 4. The molecule has 0 aliphatic heterocycles. The summed E-state index contributed by atoms with van der Waals surface area (Å²) in [6.07, 6.45) is 0. The van der Waals surface area contributed by atoms with Gasteiger partial charge in [-0.15, -0.1) is 11.3 Å². The van der Waals surface area contributed by atoms with Gasteiger partial charge < -0.3 is 0 Å². The molecule has 50 heavy (non-hydrogen) atoms. The molecule has 2 aromatic heterocycles. The van der Waals surface area contributed by atoms with E-state index in [-0.39, 0.29) is 5.41 Å².